The Morgan fingerprint density at radius 3 is 2.82 bits per heavy atom. The predicted octanol–water partition coefficient (Wildman–Crippen LogP) is 2.07. The number of rotatable bonds is 2. The second-order valence-corrected chi connectivity index (χ2v) is 4.67. The van der Waals surface area contributed by atoms with Crippen LogP contribution in [-0.2, 0) is 6.54 Å². The van der Waals surface area contributed by atoms with Crippen LogP contribution in [0.25, 0.3) is 0 Å². The molecule has 4 nitrogen and oxygen atoms in total. The zero-order valence-corrected chi connectivity index (χ0v) is 11.2. The molecule has 0 radical (unpaired) electrons. The summed E-state index contributed by atoms with van der Waals surface area (Å²) in [5.74, 6) is 0.682. The first-order chi connectivity index (χ1) is 8.08. The minimum Gasteiger partial charge on any atom is -0.290 e. The molecule has 2 aromatic rings. The van der Waals surface area contributed by atoms with Crippen LogP contribution in [0.4, 0.5) is 0 Å². The van der Waals surface area contributed by atoms with E-state index < -0.39 is 0 Å². The molecule has 0 bridgehead atoms. The Bertz CT molecular complexity index is 607. The fraction of sp³-hybridized carbons (Fsp3) is 0.250. The molecular weight excluding hydrogens is 282 g/mol. The van der Waals surface area contributed by atoms with E-state index in [1.54, 1.807) is 4.57 Å². The standard InChI is InChI=1S/C12H12BrN3O/c1-8-4-3-5-10(15-8)7-16-9(2)14-6-11(13)12(16)17/h3-6H,7H2,1-2H3. The molecule has 0 fully saturated rings. The first kappa shape index (κ1) is 12.0. The van der Waals surface area contributed by atoms with Crippen LogP contribution in [0.1, 0.15) is 17.2 Å². The zero-order valence-electron chi connectivity index (χ0n) is 9.64. The minimum atomic E-state index is -0.0826. The van der Waals surface area contributed by atoms with Gasteiger partial charge in [-0.15, -0.1) is 0 Å². The molecule has 5 heteroatoms. The Labute approximate surface area is 107 Å². The molecule has 2 rings (SSSR count). The second kappa shape index (κ2) is 4.79. The Morgan fingerprint density at radius 1 is 1.35 bits per heavy atom. The molecule has 0 aliphatic carbocycles. The van der Waals surface area contributed by atoms with Crippen molar-refractivity contribution in [3.8, 4) is 0 Å². The Morgan fingerprint density at radius 2 is 2.12 bits per heavy atom. The third-order valence-corrected chi connectivity index (χ3v) is 3.01. The fourth-order valence-electron chi connectivity index (χ4n) is 1.59. The van der Waals surface area contributed by atoms with Gasteiger partial charge in [-0.3, -0.25) is 14.3 Å². The smallest absolute Gasteiger partial charge is 0.268 e. The summed E-state index contributed by atoms with van der Waals surface area (Å²) in [7, 11) is 0. The number of halogens is 1. The molecule has 0 atom stereocenters. The van der Waals surface area contributed by atoms with Crippen molar-refractivity contribution in [1.82, 2.24) is 14.5 Å². The van der Waals surface area contributed by atoms with Crippen LogP contribution in [-0.4, -0.2) is 14.5 Å². The highest BCUT2D eigenvalue weighted by molar-refractivity contribution is 9.10. The summed E-state index contributed by atoms with van der Waals surface area (Å²) in [5, 5.41) is 0. The molecular formula is C12H12BrN3O. The molecule has 0 amide bonds. The van der Waals surface area contributed by atoms with E-state index in [-0.39, 0.29) is 5.56 Å². The van der Waals surface area contributed by atoms with Gasteiger partial charge in [0.05, 0.1) is 12.2 Å². The van der Waals surface area contributed by atoms with Crippen molar-refractivity contribution in [3.05, 3.63) is 56.4 Å². The highest BCUT2D eigenvalue weighted by Gasteiger charge is 2.06. The van der Waals surface area contributed by atoms with Gasteiger partial charge < -0.3 is 0 Å². The lowest BCUT2D eigenvalue weighted by Crippen LogP contribution is -2.24. The minimum absolute atomic E-state index is 0.0826. The Kier molecular flexibility index (Phi) is 3.38. The second-order valence-electron chi connectivity index (χ2n) is 3.81. The van der Waals surface area contributed by atoms with E-state index in [2.05, 4.69) is 25.9 Å². The van der Waals surface area contributed by atoms with E-state index >= 15 is 0 Å². The number of hydrogen-bond donors (Lipinski definition) is 0. The molecule has 0 saturated heterocycles. The number of nitrogens with zero attached hydrogens (tertiary/aromatic N) is 3. The zero-order chi connectivity index (χ0) is 12.4. The lowest BCUT2D eigenvalue weighted by molar-refractivity contribution is 0.680. The van der Waals surface area contributed by atoms with Crippen LogP contribution in [0.15, 0.2) is 33.7 Å². The largest absolute Gasteiger partial charge is 0.290 e. The topological polar surface area (TPSA) is 47.8 Å². The summed E-state index contributed by atoms with van der Waals surface area (Å²) < 4.78 is 2.07. The van der Waals surface area contributed by atoms with Crippen molar-refractivity contribution >= 4 is 15.9 Å². The molecule has 0 aromatic carbocycles. The van der Waals surface area contributed by atoms with Crippen LogP contribution in [0.3, 0.4) is 0 Å². The van der Waals surface area contributed by atoms with Gasteiger partial charge in [-0.2, -0.15) is 0 Å². The van der Waals surface area contributed by atoms with Gasteiger partial charge in [0.2, 0.25) is 0 Å². The van der Waals surface area contributed by atoms with Gasteiger partial charge in [-0.05, 0) is 41.9 Å². The summed E-state index contributed by atoms with van der Waals surface area (Å²) in [5.41, 5.74) is 1.71. The monoisotopic (exact) mass is 293 g/mol. The van der Waals surface area contributed by atoms with Gasteiger partial charge in [0, 0.05) is 11.9 Å². The van der Waals surface area contributed by atoms with Gasteiger partial charge in [-0.25, -0.2) is 4.98 Å². The van der Waals surface area contributed by atoms with E-state index in [0.29, 0.717) is 16.8 Å². The van der Waals surface area contributed by atoms with Crippen LogP contribution < -0.4 is 5.56 Å². The first-order valence-electron chi connectivity index (χ1n) is 5.22. The summed E-state index contributed by atoms with van der Waals surface area (Å²) >= 11 is 3.19. The summed E-state index contributed by atoms with van der Waals surface area (Å²) in [4.78, 5) is 20.5. The summed E-state index contributed by atoms with van der Waals surface area (Å²) in [6, 6.07) is 5.77. The third kappa shape index (κ3) is 2.61. The van der Waals surface area contributed by atoms with E-state index in [0.717, 1.165) is 11.4 Å². The van der Waals surface area contributed by atoms with Gasteiger partial charge in [0.25, 0.3) is 5.56 Å². The molecule has 2 heterocycles. The van der Waals surface area contributed by atoms with Crippen molar-refractivity contribution in [2.45, 2.75) is 20.4 Å². The average molecular weight is 294 g/mol. The Hall–Kier alpha value is -1.49. The van der Waals surface area contributed by atoms with Crippen LogP contribution >= 0.6 is 15.9 Å². The predicted molar refractivity (Wildman–Crippen MR) is 69.0 cm³/mol. The van der Waals surface area contributed by atoms with Gasteiger partial charge in [-0.1, -0.05) is 6.07 Å². The highest BCUT2D eigenvalue weighted by Crippen LogP contribution is 2.05. The van der Waals surface area contributed by atoms with Crippen LogP contribution in [0.5, 0.6) is 0 Å². The molecule has 2 aromatic heterocycles. The van der Waals surface area contributed by atoms with Gasteiger partial charge >= 0.3 is 0 Å². The first-order valence-corrected chi connectivity index (χ1v) is 6.01. The maximum Gasteiger partial charge on any atom is 0.268 e. The highest BCUT2D eigenvalue weighted by atomic mass is 79.9. The average Bonchev–Trinajstić information content (AvgIpc) is 2.30. The molecule has 0 aliphatic rings. The molecule has 0 unspecified atom stereocenters. The van der Waals surface area contributed by atoms with Crippen LogP contribution in [0, 0.1) is 13.8 Å². The van der Waals surface area contributed by atoms with Crippen molar-refractivity contribution in [2.24, 2.45) is 0 Å². The molecule has 17 heavy (non-hydrogen) atoms. The molecule has 0 N–H and O–H groups in total. The summed E-state index contributed by atoms with van der Waals surface area (Å²) in [6.45, 7) is 4.18. The van der Waals surface area contributed by atoms with Gasteiger partial charge in [0.15, 0.2) is 0 Å². The normalized spacial score (nSPS) is 10.5. The Balaban J connectivity index is 2.43. The van der Waals surface area contributed by atoms with Crippen molar-refractivity contribution < 1.29 is 0 Å². The van der Waals surface area contributed by atoms with Crippen LogP contribution in [0.2, 0.25) is 0 Å². The van der Waals surface area contributed by atoms with Crippen molar-refractivity contribution in [1.29, 1.82) is 0 Å². The molecule has 0 saturated carbocycles. The maximum atomic E-state index is 11.9. The quantitative estimate of drug-likeness (QED) is 0.852. The van der Waals surface area contributed by atoms with Crippen molar-refractivity contribution in [2.75, 3.05) is 0 Å². The summed E-state index contributed by atoms with van der Waals surface area (Å²) in [6.07, 6.45) is 1.53. The number of aromatic nitrogens is 3. The van der Waals surface area contributed by atoms with E-state index in [9.17, 15) is 4.79 Å². The third-order valence-electron chi connectivity index (χ3n) is 2.47. The van der Waals surface area contributed by atoms with E-state index in [1.165, 1.54) is 6.20 Å². The molecule has 0 aliphatic heterocycles. The van der Waals surface area contributed by atoms with E-state index in [1.807, 2.05) is 32.0 Å². The van der Waals surface area contributed by atoms with Crippen molar-refractivity contribution in [3.63, 3.8) is 0 Å². The maximum absolute atomic E-state index is 11.9. The molecule has 88 valence electrons. The fourth-order valence-corrected chi connectivity index (χ4v) is 1.90. The SMILES string of the molecule is Cc1cccc(Cn2c(C)ncc(Br)c2=O)n1. The number of pyridine rings is 1. The van der Waals surface area contributed by atoms with E-state index in [4.69, 9.17) is 0 Å². The lowest BCUT2D eigenvalue weighted by atomic mass is 10.3. The lowest BCUT2D eigenvalue weighted by Gasteiger charge is -2.09. The van der Waals surface area contributed by atoms with Gasteiger partial charge in [0.1, 0.15) is 10.3 Å². The molecule has 0 spiro atoms. The number of hydrogen-bond acceptors (Lipinski definition) is 3. The number of aryl methyl sites for hydroxylation is 2.